The Bertz CT molecular complexity index is 980. The molecule has 4 fully saturated rings. The van der Waals surface area contributed by atoms with Crippen LogP contribution in [0.15, 0.2) is 30.3 Å². The zero-order valence-corrected chi connectivity index (χ0v) is 22.5. The molecule has 0 aliphatic carbocycles. The van der Waals surface area contributed by atoms with Crippen molar-refractivity contribution in [1.29, 1.82) is 0 Å². The summed E-state index contributed by atoms with van der Waals surface area (Å²) in [5.41, 5.74) is 0.690. The maximum Gasteiger partial charge on any atom is 0.244 e. The summed E-state index contributed by atoms with van der Waals surface area (Å²) in [5.74, 6) is -1.62. The van der Waals surface area contributed by atoms with Crippen molar-refractivity contribution in [1.82, 2.24) is 15.1 Å². The van der Waals surface area contributed by atoms with E-state index in [0.29, 0.717) is 44.8 Å². The fourth-order valence-corrected chi connectivity index (χ4v) is 9.83. The SMILES string of the molecule is O=C(NCCN1CCOCC1)C1N(CCCO)C(=O)[C@@H]2[C@H](C(=O)Nc3ccccc3)[C@H]3SC12CC3Br. The number of carbonyl (C=O) groups is 3. The summed E-state index contributed by atoms with van der Waals surface area (Å²) in [6, 6.07) is 8.58. The number of para-hydroxylation sites is 1. The normalized spacial score (nSPS) is 33.6. The molecule has 6 atom stereocenters. The van der Waals surface area contributed by atoms with Crippen molar-refractivity contribution in [3.8, 4) is 0 Å². The standard InChI is InChI=1S/C25H33BrN4O5S/c26-17-15-25-19(18(20(17)36-25)22(32)28-16-5-2-1-3-6-16)24(34)30(8-4-12-31)21(25)23(33)27-7-9-29-10-13-35-14-11-29/h1-3,5-6,17-21,31H,4,7-15H2,(H,27,33)(H,28,32)/t17?,18-,19-,20-,21?,25?/m0/s1. The van der Waals surface area contributed by atoms with E-state index in [1.165, 1.54) is 0 Å². The molecular formula is C25H33BrN4O5S. The molecule has 1 spiro atoms. The van der Waals surface area contributed by atoms with Gasteiger partial charge < -0.3 is 25.4 Å². The van der Waals surface area contributed by atoms with Crippen LogP contribution in [0.2, 0.25) is 0 Å². The molecule has 1 aromatic rings. The van der Waals surface area contributed by atoms with Gasteiger partial charge in [0.05, 0.1) is 29.8 Å². The predicted octanol–water partition coefficient (Wildman–Crippen LogP) is 0.921. The number of fused-ring (bicyclic) bond motifs is 1. The van der Waals surface area contributed by atoms with E-state index in [4.69, 9.17) is 4.74 Å². The van der Waals surface area contributed by atoms with Crippen LogP contribution in [0.25, 0.3) is 0 Å². The zero-order chi connectivity index (χ0) is 25.3. The summed E-state index contributed by atoms with van der Waals surface area (Å²) in [6.45, 7) is 4.51. The number of carbonyl (C=O) groups excluding carboxylic acids is 3. The van der Waals surface area contributed by atoms with Crippen LogP contribution in [0.3, 0.4) is 0 Å². The molecule has 4 saturated heterocycles. The number of aliphatic hydroxyl groups is 1. The molecule has 1 aromatic carbocycles. The van der Waals surface area contributed by atoms with Crippen molar-refractivity contribution >= 4 is 51.1 Å². The summed E-state index contributed by atoms with van der Waals surface area (Å²) in [5, 5.41) is 15.5. The van der Waals surface area contributed by atoms with E-state index in [2.05, 4.69) is 31.5 Å². The van der Waals surface area contributed by atoms with Crippen molar-refractivity contribution in [3.63, 3.8) is 0 Å². The van der Waals surface area contributed by atoms with Crippen LogP contribution in [0.1, 0.15) is 12.8 Å². The summed E-state index contributed by atoms with van der Waals surface area (Å²) >= 11 is 5.40. The molecule has 0 aromatic heterocycles. The van der Waals surface area contributed by atoms with Crippen molar-refractivity contribution in [2.75, 3.05) is 57.9 Å². The summed E-state index contributed by atoms with van der Waals surface area (Å²) in [6.07, 6.45) is 1.03. The number of nitrogens with zero attached hydrogens (tertiary/aromatic N) is 2. The van der Waals surface area contributed by atoms with Gasteiger partial charge in [0.1, 0.15) is 6.04 Å². The third-order valence-electron chi connectivity index (χ3n) is 7.77. The van der Waals surface area contributed by atoms with Crippen LogP contribution in [0, 0.1) is 11.8 Å². The van der Waals surface area contributed by atoms with Gasteiger partial charge in [-0.2, -0.15) is 0 Å². The van der Waals surface area contributed by atoms with Crippen molar-refractivity contribution in [2.24, 2.45) is 11.8 Å². The van der Waals surface area contributed by atoms with Gasteiger partial charge in [0.15, 0.2) is 0 Å². The highest BCUT2D eigenvalue weighted by molar-refractivity contribution is 9.09. The Kier molecular flexibility index (Phi) is 7.92. The van der Waals surface area contributed by atoms with E-state index < -0.39 is 22.6 Å². The largest absolute Gasteiger partial charge is 0.396 e. The van der Waals surface area contributed by atoms with E-state index >= 15 is 0 Å². The van der Waals surface area contributed by atoms with Gasteiger partial charge in [0, 0.05) is 55.1 Å². The molecule has 0 saturated carbocycles. The third kappa shape index (κ3) is 4.69. The molecule has 3 N–H and O–H groups in total. The van der Waals surface area contributed by atoms with Crippen LogP contribution in [0.4, 0.5) is 5.69 Å². The van der Waals surface area contributed by atoms with Crippen LogP contribution < -0.4 is 10.6 Å². The zero-order valence-electron chi connectivity index (χ0n) is 20.1. The van der Waals surface area contributed by atoms with E-state index in [1.807, 2.05) is 30.3 Å². The van der Waals surface area contributed by atoms with Gasteiger partial charge in [-0.3, -0.25) is 19.3 Å². The number of hydrogen-bond acceptors (Lipinski definition) is 7. The monoisotopic (exact) mass is 580 g/mol. The first kappa shape index (κ1) is 26.0. The lowest BCUT2D eigenvalue weighted by Crippen LogP contribution is -2.55. The van der Waals surface area contributed by atoms with Gasteiger partial charge in [-0.1, -0.05) is 34.1 Å². The van der Waals surface area contributed by atoms with Gasteiger partial charge in [-0.25, -0.2) is 0 Å². The second-order valence-electron chi connectivity index (χ2n) is 9.87. The average Bonchev–Trinajstić information content (AvgIpc) is 3.47. The molecule has 2 bridgehead atoms. The first-order valence-corrected chi connectivity index (χ1v) is 14.4. The number of likely N-dealkylation sites (tertiary alicyclic amines) is 1. The number of aliphatic hydroxyl groups excluding tert-OH is 1. The lowest BCUT2D eigenvalue weighted by Gasteiger charge is -2.35. The molecule has 9 nitrogen and oxygen atoms in total. The first-order chi connectivity index (χ1) is 17.5. The lowest BCUT2D eigenvalue weighted by molar-refractivity contribution is -0.139. The molecule has 3 unspecified atom stereocenters. The molecule has 4 aliphatic heterocycles. The maximum absolute atomic E-state index is 13.8. The minimum Gasteiger partial charge on any atom is -0.396 e. The Morgan fingerprint density at radius 2 is 1.92 bits per heavy atom. The molecule has 0 radical (unpaired) electrons. The van der Waals surface area contributed by atoms with Gasteiger partial charge in [0.25, 0.3) is 0 Å². The van der Waals surface area contributed by atoms with Crippen LogP contribution in [-0.2, 0) is 19.1 Å². The van der Waals surface area contributed by atoms with Gasteiger partial charge in [0.2, 0.25) is 17.7 Å². The van der Waals surface area contributed by atoms with Crippen LogP contribution in [0.5, 0.6) is 0 Å². The van der Waals surface area contributed by atoms with Gasteiger partial charge >= 0.3 is 0 Å². The average molecular weight is 582 g/mol. The number of amides is 3. The highest BCUT2D eigenvalue weighted by Crippen LogP contribution is 2.67. The Morgan fingerprint density at radius 3 is 2.64 bits per heavy atom. The van der Waals surface area contributed by atoms with Gasteiger partial charge in [-0.05, 0) is 25.0 Å². The molecule has 11 heteroatoms. The number of hydrogen-bond donors (Lipinski definition) is 3. The van der Waals surface area contributed by atoms with Gasteiger partial charge in [-0.15, -0.1) is 11.8 Å². The molecule has 4 aliphatic rings. The summed E-state index contributed by atoms with van der Waals surface area (Å²) in [7, 11) is 0. The van der Waals surface area contributed by atoms with E-state index in [-0.39, 0.29) is 34.4 Å². The minimum absolute atomic E-state index is 0.0273. The van der Waals surface area contributed by atoms with E-state index in [1.54, 1.807) is 16.7 Å². The molecule has 5 rings (SSSR count). The smallest absolute Gasteiger partial charge is 0.244 e. The molecule has 3 amide bonds. The fourth-order valence-electron chi connectivity index (χ4n) is 6.22. The van der Waals surface area contributed by atoms with Crippen LogP contribution >= 0.6 is 27.7 Å². The lowest BCUT2D eigenvalue weighted by atomic mass is 9.70. The summed E-state index contributed by atoms with van der Waals surface area (Å²) < 4.78 is 4.72. The number of rotatable bonds is 9. The Hall–Kier alpha value is -1.66. The maximum atomic E-state index is 13.8. The second-order valence-corrected chi connectivity index (χ2v) is 12.6. The Morgan fingerprint density at radius 1 is 1.17 bits per heavy atom. The predicted molar refractivity (Wildman–Crippen MR) is 141 cm³/mol. The second kappa shape index (κ2) is 11.0. The number of thioether (sulfide) groups is 1. The Balaban J connectivity index is 1.37. The number of halogens is 1. The highest BCUT2D eigenvalue weighted by Gasteiger charge is 2.75. The molecule has 36 heavy (non-hydrogen) atoms. The van der Waals surface area contributed by atoms with Crippen molar-refractivity contribution < 1.29 is 24.2 Å². The van der Waals surface area contributed by atoms with Crippen molar-refractivity contribution in [3.05, 3.63) is 30.3 Å². The minimum atomic E-state index is -0.673. The van der Waals surface area contributed by atoms with E-state index in [0.717, 1.165) is 19.6 Å². The quantitative estimate of drug-likeness (QED) is 0.372. The van der Waals surface area contributed by atoms with E-state index in [9.17, 15) is 19.5 Å². The van der Waals surface area contributed by atoms with Crippen molar-refractivity contribution in [2.45, 2.75) is 33.7 Å². The van der Waals surface area contributed by atoms with Crippen LogP contribution in [-0.4, -0.2) is 106 Å². The fraction of sp³-hybridized carbons (Fsp3) is 0.640. The summed E-state index contributed by atoms with van der Waals surface area (Å²) in [4.78, 5) is 44.9. The number of ether oxygens (including phenoxy) is 1. The first-order valence-electron chi connectivity index (χ1n) is 12.6. The third-order valence-corrected chi connectivity index (χ3v) is 11.0. The Labute approximate surface area is 223 Å². The highest BCUT2D eigenvalue weighted by atomic mass is 79.9. The number of alkyl halides is 1. The number of morpholine rings is 1. The number of benzene rings is 1. The molecule has 4 heterocycles. The topological polar surface area (TPSA) is 111 Å². The molecule has 196 valence electrons. The number of anilines is 1. The number of nitrogens with one attached hydrogen (secondary N) is 2. The molecular weight excluding hydrogens is 548 g/mol.